The number of carbonyl (C=O) groups is 1. The number of ether oxygens (including phenoxy) is 2. The minimum atomic E-state index is 0.0782. The summed E-state index contributed by atoms with van der Waals surface area (Å²) in [6, 6.07) is 7.35. The fourth-order valence-corrected chi connectivity index (χ4v) is 3.99. The molecule has 0 atom stereocenters. The number of methoxy groups -OCH3 is 1. The molecular formula is C20H31N3O3. The van der Waals surface area contributed by atoms with E-state index in [0.29, 0.717) is 5.75 Å². The molecule has 2 aliphatic rings. The van der Waals surface area contributed by atoms with Crippen molar-refractivity contribution in [2.24, 2.45) is 0 Å². The fourth-order valence-electron chi connectivity index (χ4n) is 3.99. The van der Waals surface area contributed by atoms with E-state index in [0.717, 1.165) is 57.7 Å². The quantitative estimate of drug-likeness (QED) is 0.817. The van der Waals surface area contributed by atoms with Gasteiger partial charge in [0.05, 0.1) is 7.11 Å². The first-order valence-electron chi connectivity index (χ1n) is 9.47. The van der Waals surface area contributed by atoms with E-state index in [1.54, 1.807) is 7.11 Å². The Morgan fingerprint density at radius 3 is 2.35 bits per heavy atom. The zero-order valence-electron chi connectivity index (χ0n) is 16.2. The van der Waals surface area contributed by atoms with Gasteiger partial charge in [-0.15, -0.1) is 0 Å². The van der Waals surface area contributed by atoms with Crippen molar-refractivity contribution in [1.82, 2.24) is 14.7 Å². The molecule has 2 saturated heterocycles. The highest BCUT2D eigenvalue weighted by molar-refractivity contribution is 5.78. The first-order valence-corrected chi connectivity index (χ1v) is 9.47. The maximum Gasteiger partial charge on any atom is 0.260 e. The molecular weight excluding hydrogens is 330 g/mol. The topological polar surface area (TPSA) is 45.3 Å². The summed E-state index contributed by atoms with van der Waals surface area (Å²) in [7, 11) is 6.02. The molecule has 1 spiro atoms. The second-order valence-corrected chi connectivity index (χ2v) is 7.58. The Labute approximate surface area is 156 Å². The Morgan fingerprint density at radius 2 is 1.69 bits per heavy atom. The van der Waals surface area contributed by atoms with Gasteiger partial charge in [-0.1, -0.05) is 0 Å². The predicted molar refractivity (Wildman–Crippen MR) is 102 cm³/mol. The first kappa shape index (κ1) is 19.0. The average molecular weight is 361 g/mol. The van der Waals surface area contributed by atoms with Crippen molar-refractivity contribution in [2.75, 3.05) is 60.5 Å². The van der Waals surface area contributed by atoms with Crippen LogP contribution < -0.4 is 9.47 Å². The van der Waals surface area contributed by atoms with Crippen molar-refractivity contribution in [3.05, 3.63) is 24.3 Å². The van der Waals surface area contributed by atoms with Crippen molar-refractivity contribution < 1.29 is 14.3 Å². The van der Waals surface area contributed by atoms with E-state index in [1.807, 2.05) is 29.2 Å². The Bertz CT molecular complexity index is 597. The lowest BCUT2D eigenvalue weighted by Crippen LogP contribution is -2.58. The van der Waals surface area contributed by atoms with Gasteiger partial charge in [-0.2, -0.15) is 0 Å². The van der Waals surface area contributed by atoms with E-state index in [4.69, 9.17) is 9.47 Å². The Balaban J connectivity index is 1.60. The summed E-state index contributed by atoms with van der Waals surface area (Å²) in [6.45, 7) is 4.94. The van der Waals surface area contributed by atoms with Crippen molar-refractivity contribution >= 4 is 5.91 Å². The molecule has 6 heteroatoms. The van der Waals surface area contributed by atoms with Crippen LogP contribution in [0.4, 0.5) is 0 Å². The van der Waals surface area contributed by atoms with E-state index < -0.39 is 0 Å². The van der Waals surface area contributed by atoms with Gasteiger partial charge in [0.15, 0.2) is 6.61 Å². The molecule has 0 radical (unpaired) electrons. The largest absolute Gasteiger partial charge is 0.497 e. The second kappa shape index (κ2) is 8.27. The molecule has 0 saturated carbocycles. The molecule has 3 rings (SSSR count). The lowest BCUT2D eigenvalue weighted by molar-refractivity contribution is -0.135. The minimum absolute atomic E-state index is 0.0782. The number of hydrogen-bond acceptors (Lipinski definition) is 5. The molecule has 0 aromatic heterocycles. The third kappa shape index (κ3) is 4.30. The number of nitrogens with zero attached hydrogens (tertiary/aromatic N) is 3. The molecule has 0 N–H and O–H groups in total. The van der Waals surface area contributed by atoms with Crippen molar-refractivity contribution in [2.45, 2.75) is 24.8 Å². The average Bonchev–Trinajstić information content (AvgIpc) is 2.82. The van der Waals surface area contributed by atoms with Crippen molar-refractivity contribution in [3.8, 4) is 11.5 Å². The maximum atomic E-state index is 12.8. The molecule has 0 bridgehead atoms. The molecule has 2 aliphatic heterocycles. The van der Waals surface area contributed by atoms with Gasteiger partial charge in [0, 0.05) is 25.2 Å². The minimum Gasteiger partial charge on any atom is -0.497 e. The van der Waals surface area contributed by atoms with Crippen LogP contribution in [0.5, 0.6) is 11.5 Å². The number of amides is 1. The number of likely N-dealkylation sites (N-methyl/N-ethyl adjacent to an activating group) is 1. The zero-order chi connectivity index (χ0) is 18.6. The van der Waals surface area contributed by atoms with E-state index in [2.05, 4.69) is 23.9 Å². The second-order valence-electron chi connectivity index (χ2n) is 7.58. The van der Waals surface area contributed by atoms with Crippen LogP contribution in [0.25, 0.3) is 0 Å². The Hall–Kier alpha value is -1.79. The fraction of sp³-hybridized carbons (Fsp3) is 0.650. The van der Waals surface area contributed by atoms with Crippen molar-refractivity contribution in [3.63, 3.8) is 0 Å². The van der Waals surface area contributed by atoms with Gasteiger partial charge < -0.3 is 19.3 Å². The third-order valence-electron chi connectivity index (χ3n) is 5.91. The van der Waals surface area contributed by atoms with Crippen LogP contribution in [0.1, 0.15) is 19.3 Å². The molecule has 6 nitrogen and oxygen atoms in total. The van der Waals surface area contributed by atoms with Gasteiger partial charge >= 0.3 is 0 Å². The van der Waals surface area contributed by atoms with Crippen LogP contribution >= 0.6 is 0 Å². The standard InChI is InChI=1S/C20H31N3O3/c1-21-13-9-20(10-14-21)16-23(12-4-11-22(20)2)19(24)15-26-18-7-5-17(25-3)6-8-18/h5-8H,4,9-16H2,1-3H3. The normalized spacial score (nSPS) is 21.4. The number of piperidine rings is 1. The van der Waals surface area contributed by atoms with Gasteiger partial charge in [-0.3, -0.25) is 9.69 Å². The number of benzene rings is 1. The summed E-state index contributed by atoms with van der Waals surface area (Å²) in [5.41, 5.74) is 0.110. The molecule has 0 unspecified atom stereocenters. The number of rotatable bonds is 4. The van der Waals surface area contributed by atoms with Crippen LogP contribution in [0, 0.1) is 0 Å². The number of hydrogen-bond donors (Lipinski definition) is 0. The highest BCUT2D eigenvalue weighted by Crippen LogP contribution is 2.31. The highest BCUT2D eigenvalue weighted by atomic mass is 16.5. The van der Waals surface area contributed by atoms with Crippen LogP contribution in [0.2, 0.25) is 0 Å². The molecule has 2 heterocycles. The van der Waals surface area contributed by atoms with E-state index in [9.17, 15) is 4.79 Å². The maximum absolute atomic E-state index is 12.8. The summed E-state index contributed by atoms with van der Waals surface area (Å²) in [5, 5.41) is 0. The number of carbonyl (C=O) groups excluding carboxylic acids is 1. The lowest BCUT2D eigenvalue weighted by atomic mass is 9.85. The molecule has 0 aliphatic carbocycles. The van der Waals surface area contributed by atoms with Crippen LogP contribution in [0.15, 0.2) is 24.3 Å². The molecule has 2 fully saturated rings. The zero-order valence-corrected chi connectivity index (χ0v) is 16.2. The van der Waals surface area contributed by atoms with E-state index >= 15 is 0 Å². The summed E-state index contributed by atoms with van der Waals surface area (Å²) in [6.07, 6.45) is 3.24. The first-order chi connectivity index (χ1) is 12.5. The van der Waals surface area contributed by atoms with Crippen LogP contribution in [-0.2, 0) is 4.79 Å². The number of likely N-dealkylation sites (tertiary alicyclic amines) is 1. The molecule has 144 valence electrons. The molecule has 1 aromatic carbocycles. The SMILES string of the molecule is COc1ccc(OCC(=O)N2CCCN(C)C3(CCN(C)CC3)C2)cc1. The third-order valence-corrected chi connectivity index (χ3v) is 5.91. The van der Waals surface area contributed by atoms with Gasteiger partial charge in [-0.05, 0) is 70.7 Å². The summed E-state index contributed by atoms with van der Waals surface area (Å²) in [4.78, 5) is 19.7. The summed E-state index contributed by atoms with van der Waals surface area (Å²) >= 11 is 0. The van der Waals surface area contributed by atoms with Crippen LogP contribution in [-0.4, -0.2) is 86.7 Å². The van der Waals surface area contributed by atoms with E-state index in [-0.39, 0.29) is 18.1 Å². The summed E-state index contributed by atoms with van der Waals surface area (Å²) in [5.74, 6) is 1.55. The molecule has 1 aromatic rings. The smallest absolute Gasteiger partial charge is 0.260 e. The van der Waals surface area contributed by atoms with Gasteiger partial charge in [-0.25, -0.2) is 0 Å². The van der Waals surface area contributed by atoms with Gasteiger partial charge in [0.25, 0.3) is 5.91 Å². The summed E-state index contributed by atoms with van der Waals surface area (Å²) < 4.78 is 10.9. The van der Waals surface area contributed by atoms with Gasteiger partial charge in [0.2, 0.25) is 0 Å². The van der Waals surface area contributed by atoms with Crippen LogP contribution in [0.3, 0.4) is 0 Å². The highest BCUT2D eigenvalue weighted by Gasteiger charge is 2.41. The predicted octanol–water partition coefficient (Wildman–Crippen LogP) is 1.70. The Morgan fingerprint density at radius 1 is 1.04 bits per heavy atom. The molecule has 26 heavy (non-hydrogen) atoms. The van der Waals surface area contributed by atoms with Gasteiger partial charge in [0.1, 0.15) is 11.5 Å². The molecule has 1 amide bonds. The Kier molecular flexibility index (Phi) is 6.04. The van der Waals surface area contributed by atoms with Crippen molar-refractivity contribution in [1.29, 1.82) is 0 Å². The van der Waals surface area contributed by atoms with E-state index in [1.165, 1.54) is 0 Å². The monoisotopic (exact) mass is 361 g/mol. The lowest BCUT2D eigenvalue weighted by Gasteiger charge is -2.47.